The first-order valence-corrected chi connectivity index (χ1v) is 5.40. The largest absolute Gasteiger partial charge is 0.478 e. The zero-order chi connectivity index (χ0) is 12.0. The van der Waals surface area contributed by atoms with Crippen LogP contribution in [0.25, 0.3) is 5.57 Å². The highest BCUT2D eigenvalue weighted by Gasteiger charge is 2.03. The maximum atomic E-state index is 10.6. The zero-order valence-electron chi connectivity index (χ0n) is 8.82. The van der Waals surface area contributed by atoms with Crippen molar-refractivity contribution >= 4 is 23.1 Å². The molecule has 84 valence electrons. The Labute approximate surface area is 99.9 Å². The van der Waals surface area contributed by atoms with Crippen LogP contribution in [0.4, 0.5) is 0 Å². The molecular weight excluding hydrogens is 224 g/mol. The Morgan fingerprint density at radius 3 is 2.50 bits per heavy atom. The molecule has 0 saturated carbocycles. The Morgan fingerprint density at radius 2 is 2.00 bits per heavy atom. The fourth-order valence-corrected chi connectivity index (χ4v) is 1.50. The van der Waals surface area contributed by atoms with Gasteiger partial charge in [-0.25, -0.2) is 4.79 Å². The van der Waals surface area contributed by atoms with Crippen molar-refractivity contribution in [2.24, 2.45) is 0 Å². The molecule has 0 unspecified atom stereocenters. The highest BCUT2D eigenvalue weighted by Crippen LogP contribution is 2.17. The summed E-state index contributed by atoms with van der Waals surface area (Å²) in [5, 5.41) is 8.68. The summed E-state index contributed by atoms with van der Waals surface area (Å²) in [5.41, 5.74) is 2.10. The molecule has 2 nitrogen and oxygen atoms in total. The number of benzene rings is 1. The van der Waals surface area contributed by atoms with Crippen molar-refractivity contribution in [3.63, 3.8) is 0 Å². The lowest BCUT2D eigenvalue weighted by molar-refractivity contribution is -0.132. The average Bonchev–Trinajstić information content (AvgIpc) is 2.30. The molecule has 0 aliphatic heterocycles. The van der Waals surface area contributed by atoms with Gasteiger partial charge in [-0.2, -0.15) is 0 Å². The standard InChI is InChI=1S/C13H13ClO2/c1-10(13(15)16)7-8-12(9-14)11-5-3-2-4-6-11/h2-6,8H,1,7,9H2,(H,15,16). The minimum Gasteiger partial charge on any atom is -0.478 e. The van der Waals surface area contributed by atoms with E-state index < -0.39 is 5.97 Å². The van der Waals surface area contributed by atoms with Crippen molar-refractivity contribution in [2.75, 3.05) is 5.88 Å². The van der Waals surface area contributed by atoms with Crippen LogP contribution in [-0.4, -0.2) is 17.0 Å². The van der Waals surface area contributed by atoms with Gasteiger partial charge in [-0.15, -0.1) is 11.6 Å². The van der Waals surface area contributed by atoms with Crippen LogP contribution in [0.5, 0.6) is 0 Å². The fourth-order valence-electron chi connectivity index (χ4n) is 1.24. The third-order valence-electron chi connectivity index (χ3n) is 2.19. The van der Waals surface area contributed by atoms with Gasteiger partial charge in [0.15, 0.2) is 0 Å². The Balaban J connectivity index is 2.79. The van der Waals surface area contributed by atoms with Crippen molar-refractivity contribution in [3.8, 4) is 0 Å². The van der Waals surface area contributed by atoms with E-state index in [1.807, 2.05) is 30.3 Å². The number of rotatable bonds is 5. The van der Waals surface area contributed by atoms with Crippen LogP contribution in [-0.2, 0) is 4.79 Å². The van der Waals surface area contributed by atoms with E-state index in [0.29, 0.717) is 12.3 Å². The molecular formula is C13H13ClO2. The fraction of sp³-hybridized carbons (Fsp3) is 0.154. The number of hydrogen-bond acceptors (Lipinski definition) is 1. The molecule has 0 bridgehead atoms. The van der Waals surface area contributed by atoms with Gasteiger partial charge in [-0.3, -0.25) is 0 Å². The van der Waals surface area contributed by atoms with Gasteiger partial charge in [0.1, 0.15) is 0 Å². The number of halogens is 1. The van der Waals surface area contributed by atoms with E-state index in [9.17, 15) is 4.79 Å². The molecule has 1 rings (SSSR count). The van der Waals surface area contributed by atoms with Crippen LogP contribution in [0.3, 0.4) is 0 Å². The molecule has 0 radical (unpaired) electrons. The Kier molecular flexibility index (Phi) is 4.80. The maximum absolute atomic E-state index is 10.6. The molecule has 0 aliphatic carbocycles. The minimum absolute atomic E-state index is 0.165. The number of alkyl halides is 1. The van der Waals surface area contributed by atoms with Gasteiger partial charge in [0, 0.05) is 11.5 Å². The van der Waals surface area contributed by atoms with E-state index in [-0.39, 0.29) is 5.57 Å². The Morgan fingerprint density at radius 1 is 1.38 bits per heavy atom. The lowest BCUT2D eigenvalue weighted by Crippen LogP contribution is -1.97. The number of allylic oxidation sites excluding steroid dienone is 2. The van der Waals surface area contributed by atoms with Crippen LogP contribution in [0, 0.1) is 0 Å². The SMILES string of the molecule is C=C(CC=C(CCl)c1ccccc1)C(=O)O. The summed E-state index contributed by atoms with van der Waals surface area (Å²) in [4.78, 5) is 10.6. The summed E-state index contributed by atoms with van der Waals surface area (Å²) in [6.45, 7) is 3.47. The molecule has 0 aromatic heterocycles. The number of carboxylic acid groups (broad SMARTS) is 1. The first-order chi connectivity index (χ1) is 7.65. The summed E-state index contributed by atoms with van der Waals surface area (Å²) in [6, 6.07) is 9.64. The molecule has 16 heavy (non-hydrogen) atoms. The average molecular weight is 237 g/mol. The molecule has 0 atom stereocenters. The third-order valence-corrected chi connectivity index (χ3v) is 2.47. The quantitative estimate of drug-likeness (QED) is 0.629. The van der Waals surface area contributed by atoms with Crippen molar-refractivity contribution < 1.29 is 9.90 Å². The summed E-state index contributed by atoms with van der Waals surface area (Å²) < 4.78 is 0. The highest BCUT2D eigenvalue weighted by atomic mass is 35.5. The molecule has 0 saturated heterocycles. The molecule has 0 amide bonds. The maximum Gasteiger partial charge on any atom is 0.331 e. The third kappa shape index (κ3) is 3.55. The molecule has 0 fully saturated rings. The smallest absolute Gasteiger partial charge is 0.331 e. The van der Waals surface area contributed by atoms with E-state index in [4.69, 9.17) is 16.7 Å². The lowest BCUT2D eigenvalue weighted by Gasteiger charge is -2.03. The highest BCUT2D eigenvalue weighted by molar-refractivity contribution is 6.23. The van der Waals surface area contributed by atoms with Gasteiger partial charge >= 0.3 is 5.97 Å². The van der Waals surface area contributed by atoms with E-state index in [2.05, 4.69) is 6.58 Å². The van der Waals surface area contributed by atoms with Crippen LogP contribution in [0.2, 0.25) is 0 Å². The van der Waals surface area contributed by atoms with E-state index in [1.54, 1.807) is 6.08 Å². The molecule has 0 spiro atoms. The van der Waals surface area contributed by atoms with E-state index in [0.717, 1.165) is 11.1 Å². The zero-order valence-corrected chi connectivity index (χ0v) is 9.57. The summed E-state index contributed by atoms with van der Waals surface area (Å²) in [7, 11) is 0. The number of hydrogen-bond donors (Lipinski definition) is 1. The summed E-state index contributed by atoms with van der Waals surface area (Å²) in [5.74, 6) is -0.616. The lowest BCUT2D eigenvalue weighted by atomic mass is 10.0. The van der Waals surface area contributed by atoms with E-state index in [1.165, 1.54) is 0 Å². The predicted molar refractivity (Wildman–Crippen MR) is 66.5 cm³/mol. The molecule has 1 aromatic rings. The van der Waals surface area contributed by atoms with E-state index >= 15 is 0 Å². The van der Waals surface area contributed by atoms with Crippen molar-refractivity contribution in [1.82, 2.24) is 0 Å². The van der Waals surface area contributed by atoms with Gasteiger partial charge in [-0.05, 0) is 17.6 Å². The summed E-state index contributed by atoms with van der Waals surface area (Å²) >= 11 is 5.82. The van der Waals surface area contributed by atoms with Gasteiger partial charge in [0.05, 0.1) is 0 Å². The normalized spacial score (nSPS) is 11.2. The predicted octanol–water partition coefficient (Wildman–Crippen LogP) is 3.34. The van der Waals surface area contributed by atoms with Crippen molar-refractivity contribution in [1.29, 1.82) is 0 Å². The molecule has 1 N–H and O–H groups in total. The van der Waals surface area contributed by atoms with Crippen molar-refractivity contribution in [3.05, 3.63) is 54.1 Å². The van der Waals surface area contributed by atoms with Crippen LogP contribution >= 0.6 is 11.6 Å². The van der Waals surface area contributed by atoms with Crippen molar-refractivity contribution in [2.45, 2.75) is 6.42 Å². The second-order valence-electron chi connectivity index (χ2n) is 3.34. The van der Waals surface area contributed by atoms with Crippen LogP contribution in [0.1, 0.15) is 12.0 Å². The van der Waals surface area contributed by atoms with Gasteiger partial charge < -0.3 is 5.11 Å². The number of aliphatic carboxylic acids is 1. The minimum atomic E-state index is -0.974. The monoisotopic (exact) mass is 236 g/mol. The topological polar surface area (TPSA) is 37.3 Å². The molecule has 3 heteroatoms. The second-order valence-corrected chi connectivity index (χ2v) is 3.61. The summed E-state index contributed by atoms with van der Waals surface area (Å²) in [6.07, 6.45) is 2.12. The van der Waals surface area contributed by atoms with Crippen LogP contribution in [0.15, 0.2) is 48.6 Å². The first kappa shape index (κ1) is 12.5. The Bertz CT molecular complexity index is 407. The van der Waals surface area contributed by atoms with Crippen LogP contribution < -0.4 is 0 Å². The second kappa shape index (κ2) is 6.13. The Hall–Kier alpha value is -1.54. The molecule has 0 aliphatic rings. The molecule has 1 aromatic carbocycles. The number of carbonyl (C=O) groups is 1. The van der Waals surface area contributed by atoms with Gasteiger partial charge in [0.25, 0.3) is 0 Å². The first-order valence-electron chi connectivity index (χ1n) is 4.86. The molecule has 0 heterocycles. The number of carboxylic acids is 1. The van der Waals surface area contributed by atoms with Gasteiger partial charge in [0.2, 0.25) is 0 Å². The van der Waals surface area contributed by atoms with Gasteiger partial charge in [-0.1, -0.05) is 43.0 Å².